The summed E-state index contributed by atoms with van der Waals surface area (Å²) in [6.45, 7) is 28.6. The van der Waals surface area contributed by atoms with Crippen LogP contribution in [-0.4, -0.2) is 0 Å². The van der Waals surface area contributed by atoms with Crippen LogP contribution in [0, 0.1) is 69.2 Å². The first-order valence-electron chi connectivity index (χ1n) is 20.2. The fraction of sp³-hybridized carbons (Fsp3) is 0.440. The molecule has 1 heterocycles. The second-order valence-electron chi connectivity index (χ2n) is 17.0. The largest absolute Gasteiger partial charge is 1.00 e. The summed E-state index contributed by atoms with van der Waals surface area (Å²) >= 11 is -2.97. The van der Waals surface area contributed by atoms with Gasteiger partial charge >= 0.3 is 317 Å². The van der Waals surface area contributed by atoms with E-state index in [0.29, 0.717) is 7.25 Å². The Kier molecular flexibility index (Phi) is 12.8. The van der Waals surface area contributed by atoms with Gasteiger partial charge in [0.25, 0.3) is 0 Å². The van der Waals surface area contributed by atoms with E-state index in [0.717, 1.165) is 0 Å². The van der Waals surface area contributed by atoms with Crippen LogP contribution in [0.1, 0.15) is 138 Å². The molecule has 0 bridgehead atoms. The number of unbranched alkanes of at least 4 members (excludes halogenated alkanes) is 2. The molecule has 1 aliphatic heterocycles. The second-order valence-corrected chi connectivity index (χ2v) is 28.4. The van der Waals surface area contributed by atoms with Gasteiger partial charge in [0.15, 0.2) is 0 Å². The van der Waals surface area contributed by atoms with Gasteiger partial charge in [0.05, 0.1) is 0 Å². The average molecular weight is 825 g/mol. The van der Waals surface area contributed by atoms with Crippen LogP contribution in [0.4, 0.5) is 0 Å². The van der Waals surface area contributed by atoms with Gasteiger partial charge in [0.1, 0.15) is 0 Å². The van der Waals surface area contributed by atoms with Crippen LogP contribution in [0.5, 0.6) is 0 Å². The Hall–Kier alpha value is -2.18. The zero-order chi connectivity index (χ0) is 36.5. The summed E-state index contributed by atoms with van der Waals surface area (Å²) in [6.07, 6.45) is 13.1. The van der Waals surface area contributed by atoms with E-state index >= 15 is 0 Å². The molecule has 1 saturated heterocycles. The van der Waals surface area contributed by atoms with E-state index in [-0.39, 0.29) is 24.8 Å². The van der Waals surface area contributed by atoms with Crippen LogP contribution in [0.3, 0.4) is 0 Å². The summed E-state index contributed by atoms with van der Waals surface area (Å²) in [5.41, 5.74) is 31.0. The zero-order valence-corrected chi connectivity index (χ0v) is 38.7. The predicted octanol–water partition coefficient (Wildman–Crippen LogP) is 9.07. The topological polar surface area (TPSA) is 0 Å². The summed E-state index contributed by atoms with van der Waals surface area (Å²) in [5.74, 6) is 0. The van der Waals surface area contributed by atoms with Crippen LogP contribution in [0.2, 0.25) is 8.26 Å². The van der Waals surface area contributed by atoms with E-state index in [1.165, 1.54) is 114 Å². The molecule has 3 heteroatoms. The van der Waals surface area contributed by atoms with Crippen molar-refractivity contribution in [3.8, 4) is 22.3 Å². The fourth-order valence-electron chi connectivity index (χ4n) is 10.6. The molecule has 0 spiro atoms. The first-order valence-corrected chi connectivity index (χ1v) is 26.5. The Morgan fingerprint density at radius 1 is 0.509 bits per heavy atom. The van der Waals surface area contributed by atoms with Crippen molar-refractivity contribution in [2.24, 2.45) is 0 Å². The van der Waals surface area contributed by atoms with Crippen LogP contribution < -0.4 is 24.8 Å². The Morgan fingerprint density at radius 3 is 1.21 bits per heavy atom. The number of hydrogen-bond acceptors (Lipinski definition) is 0. The normalized spacial score (nSPS) is 17.2. The molecular weight excluding hydrogens is 763 g/mol. The number of allylic oxidation sites excluding steroid dienone is 2. The van der Waals surface area contributed by atoms with E-state index in [2.05, 4.69) is 132 Å². The van der Waals surface area contributed by atoms with Crippen LogP contribution in [0.25, 0.3) is 34.4 Å². The number of rotatable bonds is 10. The van der Waals surface area contributed by atoms with Crippen molar-refractivity contribution in [1.29, 1.82) is 0 Å². The van der Waals surface area contributed by atoms with Crippen molar-refractivity contribution < 1.29 is 45.1 Å². The minimum atomic E-state index is -2.97. The Balaban J connectivity index is 0.00000271. The van der Waals surface area contributed by atoms with Gasteiger partial charge in [-0.2, -0.15) is 0 Å². The van der Waals surface area contributed by atoms with Gasteiger partial charge in [-0.05, 0) is 0 Å². The molecule has 0 saturated carbocycles. The molecule has 0 radical (unpaired) electrons. The maximum atomic E-state index is 2.76. The molecule has 0 nitrogen and oxygen atoms in total. The van der Waals surface area contributed by atoms with Gasteiger partial charge in [-0.15, -0.1) is 0 Å². The van der Waals surface area contributed by atoms with E-state index in [4.69, 9.17) is 0 Å². The standard InChI is InChI=1S/2C24H29.C2H4.2ClH.Zr/c2*1-7-8-9-20-13-22-18(5)17(4)19(6)24(23(22)14-20)21-11-10-15(2)12-16(21)3;1-2;;;/h2*10-14H,7-9H2,1-6H3;1-2H2;2*1H;/q;;;;;+2/p-2. The third-order valence-electron chi connectivity index (χ3n) is 13.8. The second kappa shape index (κ2) is 16.1. The van der Waals surface area contributed by atoms with Crippen molar-refractivity contribution in [2.45, 2.75) is 137 Å². The van der Waals surface area contributed by atoms with Crippen LogP contribution in [-0.2, 0) is 20.3 Å². The third kappa shape index (κ3) is 6.87. The number of benzene rings is 4. The molecule has 0 amide bonds. The summed E-state index contributed by atoms with van der Waals surface area (Å²) in [6, 6.07) is 14.3. The molecule has 2 atom stereocenters. The number of halogens is 2. The molecular formula is C50H62Cl2Zr. The summed E-state index contributed by atoms with van der Waals surface area (Å²) in [4.78, 5) is 0. The molecule has 280 valence electrons. The number of hydrogen-bond donors (Lipinski definition) is 0. The van der Waals surface area contributed by atoms with Gasteiger partial charge in [-0.1, -0.05) is 0 Å². The molecule has 53 heavy (non-hydrogen) atoms. The third-order valence-corrected chi connectivity index (χ3v) is 26.8. The molecule has 2 aliphatic carbocycles. The summed E-state index contributed by atoms with van der Waals surface area (Å²) < 4.78 is 4.39. The summed E-state index contributed by atoms with van der Waals surface area (Å²) in [5, 5.41) is 0. The Labute approximate surface area is 339 Å². The molecule has 2 unspecified atom stereocenters. The van der Waals surface area contributed by atoms with Crippen molar-refractivity contribution in [3.05, 3.63) is 125 Å². The zero-order valence-electron chi connectivity index (χ0n) is 34.7. The molecule has 0 aromatic heterocycles. The molecule has 3 aliphatic rings. The van der Waals surface area contributed by atoms with Gasteiger partial charge in [0.2, 0.25) is 0 Å². The smallest absolute Gasteiger partial charge is 1.00 e. The maximum Gasteiger partial charge on any atom is -1.00 e. The van der Waals surface area contributed by atoms with E-state index in [9.17, 15) is 0 Å². The van der Waals surface area contributed by atoms with Crippen LogP contribution >= 0.6 is 0 Å². The first kappa shape index (κ1) is 42.0. The van der Waals surface area contributed by atoms with Gasteiger partial charge < -0.3 is 24.8 Å². The number of aryl methyl sites for hydroxylation is 4. The van der Waals surface area contributed by atoms with Crippen molar-refractivity contribution in [3.63, 3.8) is 0 Å². The van der Waals surface area contributed by atoms with E-state index in [1.807, 2.05) is 0 Å². The fourth-order valence-corrected chi connectivity index (χ4v) is 28.6. The Morgan fingerprint density at radius 2 is 0.887 bits per heavy atom. The SMILES string of the molecule is CCCCC1=Cc2c(-c3ccc(C)cc3C)c(C)c(C)c(C)c2[CH]1[Zr+2]1([CH]2C(CCCC)=Cc3c(-c4ccc(C)cc4C)c(C)c(C)c(C)c32)[CH2][CH2]1.[Cl-].[Cl-]. The molecule has 7 rings (SSSR count). The minimum Gasteiger partial charge on any atom is -1.00 e. The average Bonchev–Trinajstić information content (AvgIpc) is 3.65. The first-order chi connectivity index (χ1) is 24.4. The van der Waals surface area contributed by atoms with E-state index < -0.39 is 20.3 Å². The Bertz CT molecular complexity index is 1990. The van der Waals surface area contributed by atoms with Gasteiger partial charge in [-0.25, -0.2) is 0 Å². The predicted molar refractivity (Wildman–Crippen MR) is 221 cm³/mol. The number of fused-ring (bicyclic) bond motifs is 2. The molecule has 4 aromatic rings. The van der Waals surface area contributed by atoms with E-state index in [1.54, 1.807) is 44.5 Å². The van der Waals surface area contributed by atoms with Crippen LogP contribution in [0.15, 0.2) is 47.5 Å². The van der Waals surface area contributed by atoms with Crippen molar-refractivity contribution >= 4 is 12.2 Å². The molecule has 0 N–H and O–H groups in total. The monoisotopic (exact) mass is 822 g/mol. The molecule has 1 fully saturated rings. The maximum absolute atomic E-state index is 2.97. The quantitative estimate of drug-likeness (QED) is 0.150. The molecule has 4 aromatic carbocycles. The van der Waals surface area contributed by atoms with Gasteiger partial charge in [0, 0.05) is 0 Å². The van der Waals surface area contributed by atoms with Crippen molar-refractivity contribution in [1.82, 2.24) is 0 Å². The minimum absolute atomic E-state index is 0. The van der Waals surface area contributed by atoms with Gasteiger partial charge in [-0.3, -0.25) is 0 Å². The van der Waals surface area contributed by atoms with Crippen molar-refractivity contribution in [2.75, 3.05) is 0 Å². The summed E-state index contributed by atoms with van der Waals surface area (Å²) in [7, 11) is 0.